The lowest BCUT2D eigenvalue weighted by molar-refractivity contribution is 0.0963. The molecule has 0 radical (unpaired) electrons. The van der Waals surface area contributed by atoms with E-state index >= 15 is 0 Å². The Morgan fingerprint density at radius 2 is 2.18 bits per heavy atom. The summed E-state index contributed by atoms with van der Waals surface area (Å²) in [5.41, 5.74) is 3.15. The molecular weight excluding hydrogens is 354 g/mol. The van der Waals surface area contributed by atoms with E-state index in [0.717, 1.165) is 17.0 Å². The Morgan fingerprint density at radius 3 is 2.96 bits per heavy atom. The van der Waals surface area contributed by atoms with Crippen molar-refractivity contribution in [2.75, 3.05) is 25.0 Å². The van der Waals surface area contributed by atoms with Crippen molar-refractivity contribution in [2.45, 2.75) is 6.54 Å². The maximum atomic E-state index is 13.4. The minimum atomic E-state index is -0.191. The van der Waals surface area contributed by atoms with Gasteiger partial charge in [0.15, 0.2) is 0 Å². The normalized spacial score (nSPS) is 16.0. The van der Waals surface area contributed by atoms with E-state index in [1.54, 1.807) is 47.4 Å². The van der Waals surface area contributed by atoms with Crippen molar-refractivity contribution in [3.05, 3.63) is 83.5 Å². The zero-order valence-electron chi connectivity index (χ0n) is 15.6. The van der Waals surface area contributed by atoms with E-state index in [9.17, 15) is 9.59 Å². The van der Waals surface area contributed by atoms with E-state index < -0.39 is 0 Å². The van der Waals surface area contributed by atoms with Gasteiger partial charge >= 0.3 is 6.03 Å². The average molecular weight is 375 g/mol. The zero-order valence-corrected chi connectivity index (χ0v) is 15.6. The Labute approximate surface area is 163 Å². The molecule has 0 unspecified atom stereocenters. The van der Waals surface area contributed by atoms with Crippen molar-refractivity contribution in [2.24, 2.45) is 0 Å². The van der Waals surface area contributed by atoms with Gasteiger partial charge in [0.05, 0.1) is 12.2 Å². The quantitative estimate of drug-likeness (QED) is 0.859. The van der Waals surface area contributed by atoms with Crippen molar-refractivity contribution in [3.8, 4) is 0 Å². The number of dihydropyridines is 1. The maximum Gasteiger partial charge on any atom is 0.330 e. The van der Waals surface area contributed by atoms with Gasteiger partial charge in [-0.15, -0.1) is 0 Å². The van der Waals surface area contributed by atoms with Crippen LogP contribution in [-0.2, 0) is 6.54 Å². The summed E-state index contributed by atoms with van der Waals surface area (Å²) in [5, 5.41) is 5.93. The van der Waals surface area contributed by atoms with Gasteiger partial charge in [-0.05, 0) is 29.8 Å². The molecule has 3 heterocycles. The topological polar surface area (TPSA) is 77.6 Å². The Kier molecular flexibility index (Phi) is 4.80. The first-order chi connectivity index (χ1) is 13.7. The molecular formula is C21H21N5O2. The van der Waals surface area contributed by atoms with E-state index in [4.69, 9.17) is 0 Å². The summed E-state index contributed by atoms with van der Waals surface area (Å²) in [7, 11) is 1.59. The fraction of sp³-hybridized carbons (Fsp3) is 0.190. The Bertz CT molecular complexity index is 968. The number of carbonyl (C=O) groups is 2. The third kappa shape index (κ3) is 3.34. The predicted octanol–water partition coefficient (Wildman–Crippen LogP) is 2.25. The van der Waals surface area contributed by atoms with Crippen LogP contribution in [0, 0.1) is 0 Å². The van der Waals surface area contributed by atoms with Crippen molar-refractivity contribution in [1.29, 1.82) is 0 Å². The minimum absolute atomic E-state index is 0.139. The zero-order chi connectivity index (χ0) is 19.5. The van der Waals surface area contributed by atoms with Gasteiger partial charge in [0.2, 0.25) is 0 Å². The molecule has 0 saturated heterocycles. The molecule has 1 aromatic heterocycles. The van der Waals surface area contributed by atoms with Gasteiger partial charge in [-0.3, -0.25) is 9.78 Å². The number of amides is 3. The predicted molar refractivity (Wildman–Crippen MR) is 107 cm³/mol. The van der Waals surface area contributed by atoms with Gasteiger partial charge in [0.1, 0.15) is 5.82 Å². The van der Waals surface area contributed by atoms with Gasteiger partial charge in [-0.1, -0.05) is 24.3 Å². The number of hydrogen-bond donors (Lipinski definition) is 2. The highest BCUT2D eigenvalue weighted by molar-refractivity contribution is 6.00. The Hall–Kier alpha value is -3.61. The Morgan fingerprint density at radius 1 is 1.29 bits per heavy atom. The van der Waals surface area contributed by atoms with Crippen LogP contribution in [0.2, 0.25) is 0 Å². The van der Waals surface area contributed by atoms with Crippen LogP contribution in [0.1, 0.15) is 15.9 Å². The molecule has 2 N–H and O–H groups in total. The molecule has 0 atom stereocenters. The SMILES string of the molecule is CNC(=O)c1cccc(N2C(=O)N(Cc3cccnc3)CC3=C2NCC=C3)c1. The summed E-state index contributed by atoms with van der Waals surface area (Å²) in [4.78, 5) is 33.0. The average Bonchev–Trinajstić information content (AvgIpc) is 2.74. The third-order valence-corrected chi connectivity index (χ3v) is 4.75. The summed E-state index contributed by atoms with van der Waals surface area (Å²) in [5.74, 6) is 0.577. The van der Waals surface area contributed by atoms with Gasteiger partial charge in [0.25, 0.3) is 5.91 Å². The second kappa shape index (κ2) is 7.56. The number of carbonyl (C=O) groups excluding carboxylic acids is 2. The lowest BCUT2D eigenvalue weighted by Crippen LogP contribution is -2.52. The molecule has 1 aromatic carbocycles. The van der Waals surface area contributed by atoms with Crippen LogP contribution in [0.3, 0.4) is 0 Å². The monoisotopic (exact) mass is 375 g/mol. The largest absolute Gasteiger partial charge is 0.367 e. The molecule has 2 aliphatic rings. The highest BCUT2D eigenvalue weighted by Crippen LogP contribution is 2.29. The number of nitrogens with zero attached hydrogens (tertiary/aromatic N) is 3. The Balaban J connectivity index is 1.72. The molecule has 0 saturated carbocycles. The van der Waals surface area contributed by atoms with Crippen LogP contribution in [0.4, 0.5) is 10.5 Å². The van der Waals surface area contributed by atoms with E-state index in [2.05, 4.69) is 15.6 Å². The summed E-state index contributed by atoms with van der Waals surface area (Å²) < 4.78 is 0. The van der Waals surface area contributed by atoms with E-state index in [1.807, 2.05) is 30.4 Å². The number of urea groups is 1. The van der Waals surface area contributed by atoms with Crippen LogP contribution in [0.25, 0.3) is 0 Å². The second-order valence-corrected chi connectivity index (χ2v) is 6.62. The number of rotatable bonds is 4. The number of aromatic nitrogens is 1. The van der Waals surface area contributed by atoms with Crippen LogP contribution < -0.4 is 15.5 Å². The van der Waals surface area contributed by atoms with Crippen molar-refractivity contribution in [1.82, 2.24) is 20.5 Å². The molecule has 28 heavy (non-hydrogen) atoms. The van der Waals surface area contributed by atoms with E-state index in [-0.39, 0.29) is 11.9 Å². The van der Waals surface area contributed by atoms with Crippen LogP contribution in [0.15, 0.2) is 72.3 Å². The molecule has 0 bridgehead atoms. The number of nitrogens with one attached hydrogen (secondary N) is 2. The maximum absolute atomic E-state index is 13.4. The molecule has 142 valence electrons. The molecule has 0 fully saturated rings. The first-order valence-corrected chi connectivity index (χ1v) is 9.11. The van der Waals surface area contributed by atoms with Crippen LogP contribution in [-0.4, -0.2) is 42.0 Å². The molecule has 7 heteroatoms. The lowest BCUT2D eigenvalue weighted by atomic mass is 10.1. The second-order valence-electron chi connectivity index (χ2n) is 6.62. The van der Waals surface area contributed by atoms with E-state index in [1.165, 1.54) is 0 Å². The molecule has 4 rings (SSSR count). The van der Waals surface area contributed by atoms with Crippen LogP contribution >= 0.6 is 0 Å². The van der Waals surface area contributed by atoms with Crippen molar-refractivity contribution in [3.63, 3.8) is 0 Å². The van der Waals surface area contributed by atoms with Gasteiger partial charge < -0.3 is 15.5 Å². The molecule has 3 amide bonds. The van der Waals surface area contributed by atoms with E-state index in [0.29, 0.717) is 30.9 Å². The number of anilines is 1. The summed E-state index contributed by atoms with van der Waals surface area (Å²) in [6.07, 6.45) is 7.56. The molecule has 2 aromatic rings. The highest BCUT2D eigenvalue weighted by Gasteiger charge is 2.33. The summed E-state index contributed by atoms with van der Waals surface area (Å²) in [6, 6.07) is 10.8. The molecule has 7 nitrogen and oxygen atoms in total. The molecule has 0 spiro atoms. The number of hydrogen-bond acceptors (Lipinski definition) is 4. The van der Waals surface area contributed by atoms with Crippen LogP contribution in [0.5, 0.6) is 0 Å². The fourth-order valence-corrected chi connectivity index (χ4v) is 3.42. The standard InChI is InChI=1S/C21H21N5O2/c1-22-20(27)16-6-2-8-18(11-16)26-19-17(7-4-10-24-19)14-25(21(26)28)13-15-5-3-9-23-12-15/h2-9,11-12,24H,10,13-14H2,1H3,(H,22,27). The van der Waals surface area contributed by atoms with Crippen molar-refractivity contribution >= 4 is 17.6 Å². The van der Waals surface area contributed by atoms with Gasteiger partial charge in [-0.2, -0.15) is 0 Å². The highest BCUT2D eigenvalue weighted by atomic mass is 16.2. The number of pyridine rings is 1. The number of benzene rings is 1. The van der Waals surface area contributed by atoms with Crippen molar-refractivity contribution < 1.29 is 9.59 Å². The first kappa shape index (κ1) is 17.8. The first-order valence-electron chi connectivity index (χ1n) is 9.11. The summed E-state index contributed by atoms with van der Waals surface area (Å²) >= 11 is 0. The lowest BCUT2D eigenvalue weighted by Gasteiger charge is -2.39. The molecule has 2 aliphatic heterocycles. The van der Waals surface area contributed by atoms with Gasteiger partial charge in [0, 0.05) is 43.7 Å². The molecule has 0 aliphatic carbocycles. The minimum Gasteiger partial charge on any atom is -0.367 e. The fourth-order valence-electron chi connectivity index (χ4n) is 3.42. The van der Waals surface area contributed by atoms with Gasteiger partial charge in [-0.25, -0.2) is 9.69 Å². The smallest absolute Gasteiger partial charge is 0.330 e. The summed E-state index contributed by atoms with van der Waals surface area (Å²) in [6.45, 7) is 1.63. The third-order valence-electron chi connectivity index (χ3n) is 4.75.